The summed E-state index contributed by atoms with van der Waals surface area (Å²) in [5.41, 5.74) is -1.08. The van der Waals surface area contributed by atoms with Gasteiger partial charge in [-0.2, -0.15) is 0 Å². The Kier molecular flexibility index (Phi) is 4.64. The number of rotatable bonds is 5. The van der Waals surface area contributed by atoms with Crippen LogP contribution in [-0.4, -0.2) is 48.0 Å². The van der Waals surface area contributed by atoms with Crippen LogP contribution in [-0.2, 0) is 19.9 Å². The van der Waals surface area contributed by atoms with Gasteiger partial charge in [-0.1, -0.05) is 0 Å². The van der Waals surface area contributed by atoms with E-state index in [1.807, 2.05) is 0 Å². The van der Waals surface area contributed by atoms with Crippen LogP contribution in [0.3, 0.4) is 0 Å². The molecule has 2 aliphatic rings. The van der Waals surface area contributed by atoms with Gasteiger partial charge in [-0.05, 0) is 32.9 Å². The molecule has 1 fully saturated rings. The number of furan rings is 1. The number of hydrogen-bond donors (Lipinski definition) is 3. The van der Waals surface area contributed by atoms with Crippen LogP contribution >= 0.6 is 0 Å². The summed E-state index contributed by atoms with van der Waals surface area (Å²) in [4.78, 5) is 50.4. The van der Waals surface area contributed by atoms with E-state index in [0.717, 1.165) is 4.90 Å². The number of nitrogens with one attached hydrogen (secondary N) is 3. The molecule has 0 spiro atoms. The zero-order chi connectivity index (χ0) is 19.8. The molecule has 1 aromatic rings. The van der Waals surface area contributed by atoms with Gasteiger partial charge in [0.15, 0.2) is 5.54 Å². The van der Waals surface area contributed by atoms with E-state index in [-0.39, 0.29) is 30.2 Å². The van der Waals surface area contributed by atoms with E-state index in [4.69, 9.17) is 9.15 Å². The summed E-state index contributed by atoms with van der Waals surface area (Å²) in [5, 5.41) is 7.64. The van der Waals surface area contributed by atoms with E-state index < -0.39 is 35.5 Å². The van der Waals surface area contributed by atoms with Crippen molar-refractivity contribution in [2.24, 2.45) is 0 Å². The highest BCUT2D eigenvalue weighted by atomic mass is 16.5. The topological polar surface area (TPSA) is 130 Å². The predicted octanol–water partition coefficient (Wildman–Crippen LogP) is 0.565. The maximum absolute atomic E-state index is 12.9. The van der Waals surface area contributed by atoms with Gasteiger partial charge >= 0.3 is 18.0 Å². The van der Waals surface area contributed by atoms with Crippen LogP contribution in [0.1, 0.15) is 26.5 Å². The molecule has 2 aliphatic heterocycles. The summed E-state index contributed by atoms with van der Waals surface area (Å²) >= 11 is 0. The molecule has 0 saturated carbocycles. The minimum atomic E-state index is -1.37. The van der Waals surface area contributed by atoms with E-state index in [1.54, 1.807) is 26.0 Å². The second-order valence-corrected chi connectivity index (χ2v) is 6.36. The molecule has 3 heterocycles. The lowest BCUT2D eigenvalue weighted by Gasteiger charge is -2.28. The molecule has 10 heteroatoms. The van der Waals surface area contributed by atoms with Gasteiger partial charge in [-0.3, -0.25) is 9.69 Å². The van der Waals surface area contributed by atoms with Crippen molar-refractivity contribution in [1.82, 2.24) is 20.9 Å². The first-order chi connectivity index (χ1) is 12.8. The van der Waals surface area contributed by atoms with Crippen molar-refractivity contribution < 1.29 is 28.3 Å². The predicted molar refractivity (Wildman–Crippen MR) is 91.1 cm³/mol. The quantitative estimate of drug-likeness (QED) is 0.509. The largest absolute Gasteiger partial charge is 0.466 e. The molecule has 10 nitrogen and oxygen atoms in total. The third-order valence-electron chi connectivity index (χ3n) is 4.47. The number of carbonyl (C=O) groups is 4. The highest BCUT2D eigenvalue weighted by Gasteiger charge is 2.51. The fourth-order valence-electron chi connectivity index (χ4n) is 3.13. The normalized spacial score (nSPS) is 25.2. The number of urea groups is 2. The van der Waals surface area contributed by atoms with Crippen molar-refractivity contribution in [3.8, 4) is 0 Å². The number of amides is 5. The van der Waals surface area contributed by atoms with Crippen molar-refractivity contribution in [3.63, 3.8) is 0 Å². The number of hydrogen-bond acceptors (Lipinski definition) is 6. The Balaban J connectivity index is 1.93. The Hall–Kier alpha value is -3.30. The number of carbonyl (C=O) groups excluding carboxylic acids is 4. The molecule has 3 N–H and O–H groups in total. The average Bonchev–Trinajstić information content (AvgIpc) is 3.19. The molecule has 27 heavy (non-hydrogen) atoms. The average molecular weight is 376 g/mol. The van der Waals surface area contributed by atoms with Crippen molar-refractivity contribution in [1.29, 1.82) is 0 Å². The maximum atomic E-state index is 12.9. The molecule has 0 radical (unpaired) electrons. The molecule has 0 aliphatic carbocycles. The monoisotopic (exact) mass is 376 g/mol. The number of imide groups is 1. The Bertz CT molecular complexity index is 830. The number of nitrogens with zero attached hydrogens (tertiary/aromatic N) is 1. The molecule has 2 unspecified atom stereocenters. The van der Waals surface area contributed by atoms with Crippen molar-refractivity contribution in [2.75, 3.05) is 13.2 Å². The van der Waals surface area contributed by atoms with Gasteiger partial charge in [-0.25, -0.2) is 14.4 Å². The second kappa shape index (κ2) is 6.78. The van der Waals surface area contributed by atoms with Crippen LogP contribution < -0.4 is 16.0 Å². The minimum Gasteiger partial charge on any atom is -0.466 e. The fourth-order valence-corrected chi connectivity index (χ4v) is 3.13. The highest BCUT2D eigenvalue weighted by Crippen LogP contribution is 2.30. The summed E-state index contributed by atoms with van der Waals surface area (Å²) in [6.45, 7) is 4.66. The van der Waals surface area contributed by atoms with Gasteiger partial charge in [0.2, 0.25) is 0 Å². The lowest BCUT2D eigenvalue weighted by molar-refractivity contribution is -0.139. The molecular weight excluding hydrogens is 356 g/mol. The zero-order valence-corrected chi connectivity index (χ0v) is 15.1. The Morgan fingerprint density at radius 1 is 1.37 bits per heavy atom. The van der Waals surface area contributed by atoms with E-state index in [9.17, 15) is 19.2 Å². The molecule has 3 rings (SSSR count). The van der Waals surface area contributed by atoms with Gasteiger partial charge in [-0.15, -0.1) is 0 Å². The van der Waals surface area contributed by atoms with E-state index >= 15 is 0 Å². The van der Waals surface area contributed by atoms with Crippen LogP contribution in [0.4, 0.5) is 9.59 Å². The molecule has 0 aromatic carbocycles. The molecule has 144 valence electrons. The van der Waals surface area contributed by atoms with Crippen LogP contribution in [0.5, 0.6) is 0 Å². The first-order valence-corrected chi connectivity index (χ1v) is 8.43. The lowest BCUT2D eigenvalue weighted by atomic mass is 9.99. The molecule has 0 bridgehead atoms. The summed E-state index contributed by atoms with van der Waals surface area (Å²) in [5.74, 6) is -0.905. The van der Waals surface area contributed by atoms with Gasteiger partial charge < -0.3 is 25.1 Å². The zero-order valence-electron chi connectivity index (χ0n) is 15.1. The van der Waals surface area contributed by atoms with Crippen molar-refractivity contribution >= 4 is 23.9 Å². The SMILES string of the molecule is CCOC(=O)C1=C(CN2C(=O)NC(C)(c3ccco3)C2=O)NC(=O)NC1C. The van der Waals surface area contributed by atoms with E-state index in [0.29, 0.717) is 0 Å². The third-order valence-corrected chi connectivity index (χ3v) is 4.47. The van der Waals surface area contributed by atoms with Gasteiger partial charge in [0.05, 0.1) is 36.7 Å². The fraction of sp³-hybridized carbons (Fsp3) is 0.412. The first-order valence-electron chi connectivity index (χ1n) is 8.43. The molecule has 1 aromatic heterocycles. The van der Waals surface area contributed by atoms with E-state index in [2.05, 4.69) is 16.0 Å². The number of ether oxygens (including phenoxy) is 1. The second-order valence-electron chi connectivity index (χ2n) is 6.36. The molecular formula is C17H20N4O6. The van der Waals surface area contributed by atoms with Gasteiger partial charge in [0.1, 0.15) is 5.76 Å². The summed E-state index contributed by atoms with van der Waals surface area (Å²) < 4.78 is 10.3. The molecule has 5 amide bonds. The van der Waals surface area contributed by atoms with Crippen molar-refractivity contribution in [3.05, 3.63) is 35.4 Å². The van der Waals surface area contributed by atoms with E-state index in [1.165, 1.54) is 13.2 Å². The number of esters is 1. The van der Waals surface area contributed by atoms with Gasteiger partial charge in [0.25, 0.3) is 5.91 Å². The standard InChI is InChI=1S/C17H20N4O6/c1-4-26-13(22)12-9(2)18-15(24)19-10(12)8-21-14(23)17(3,20-16(21)25)11-6-5-7-27-11/h5-7,9H,4,8H2,1-3H3,(H,20,25)(H2,18,19,24). The smallest absolute Gasteiger partial charge is 0.337 e. The first kappa shape index (κ1) is 18.5. The minimum absolute atomic E-state index is 0.136. The molecule has 1 saturated heterocycles. The van der Waals surface area contributed by atoms with Crippen molar-refractivity contribution in [2.45, 2.75) is 32.4 Å². The Morgan fingerprint density at radius 2 is 2.11 bits per heavy atom. The maximum Gasteiger partial charge on any atom is 0.337 e. The third kappa shape index (κ3) is 3.14. The van der Waals surface area contributed by atoms with Crippen LogP contribution in [0.2, 0.25) is 0 Å². The highest BCUT2D eigenvalue weighted by molar-refractivity contribution is 6.07. The summed E-state index contributed by atoms with van der Waals surface area (Å²) in [6.07, 6.45) is 1.40. The van der Waals surface area contributed by atoms with Crippen LogP contribution in [0, 0.1) is 0 Å². The summed E-state index contributed by atoms with van der Waals surface area (Å²) in [7, 11) is 0. The Morgan fingerprint density at radius 3 is 2.74 bits per heavy atom. The Labute approximate surface area is 154 Å². The van der Waals surface area contributed by atoms with Crippen LogP contribution in [0.15, 0.2) is 34.1 Å². The van der Waals surface area contributed by atoms with Gasteiger partial charge in [0, 0.05) is 0 Å². The summed E-state index contributed by atoms with van der Waals surface area (Å²) in [6, 6.07) is 1.37. The lowest BCUT2D eigenvalue weighted by Crippen LogP contribution is -2.52. The van der Waals surface area contributed by atoms with Crippen LogP contribution in [0.25, 0.3) is 0 Å². The molecule has 2 atom stereocenters.